The summed E-state index contributed by atoms with van der Waals surface area (Å²) in [4.78, 5) is 14.7. The highest BCUT2D eigenvalue weighted by Crippen LogP contribution is 2.14. The van der Waals surface area contributed by atoms with Crippen LogP contribution in [0.1, 0.15) is 17.3 Å². The Morgan fingerprint density at radius 3 is 2.93 bits per heavy atom. The first-order chi connectivity index (χ1) is 6.69. The van der Waals surface area contributed by atoms with Gasteiger partial charge in [-0.05, 0) is 6.92 Å². The molecule has 76 valence electrons. The smallest absolute Gasteiger partial charge is 0.341 e. The molecule has 0 aromatic carbocycles. The van der Waals surface area contributed by atoms with Crippen LogP contribution >= 0.6 is 0 Å². The van der Waals surface area contributed by atoms with Gasteiger partial charge in [0.15, 0.2) is 5.82 Å². The highest BCUT2D eigenvalue weighted by Gasteiger charge is 2.13. The largest absolute Gasteiger partial charge is 0.478 e. The Kier molecular flexibility index (Phi) is 3.39. The summed E-state index contributed by atoms with van der Waals surface area (Å²) in [7, 11) is 1.18. The first-order valence-electron chi connectivity index (χ1n) is 4.05. The Labute approximate surface area is 80.7 Å². The summed E-state index contributed by atoms with van der Waals surface area (Å²) in [5, 5.41) is 0. The minimum absolute atomic E-state index is 0.175. The number of aromatic nitrogens is 1. The Hall–Kier alpha value is -1.65. The van der Waals surface area contributed by atoms with Gasteiger partial charge in [-0.15, -0.1) is 0 Å². The van der Waals surface area contributed by atoms with E-state index in [0.717, 1.165) is 6.20 Å². The number of hydrogen-bond donors (Lipinski definition) is 0. The lowest BCUT2D eigenvalue weighted by Crippen LogP contribution is -2.06. The van der Waals surface area contributed by atoms with Gasteiger partial charge < -0.3 is 9.47 Å². The van der Waals surface area contributed by atoms with Gasteiger partial charge >= 0.3 is 5.97 Å². The maximum atomic E-state index is 13.0. The predicted molar refractivity (Wildman–Crippen MR) is 46.7 cm³/mol. The van der Waals surface area contributed by atoms with Crippen molar-refractivity contribution in [3.8, 4) is 5.88 Å². The van der Waals surface area contributed by atoms with Crippen molar-refractivity contribution in [1.82, 2.24) is 4.98 Å². The lowest BCUT2D eigenvalue weighted by atomic mass is 10.2. The molecule has 0 N–H and O–H groups in total. The average Bonchev–Trinajstić information content (AvgIpc) is 2.20. The van der Waals surface area contributed by atoms with E-state index in [1.165, 1.54) is 13.2 Å². The van der Waals surface area contributed by atoms with Crippen molar-refractivity contribution >= 4 is 5.97 Å². The number of carbonyl (C=O) groups excluding carboxylic acids is 1. The van der Waals surface area contributed by atoms with Gasteiger partial charge in [-0.2, -0.15) is 0 Å². The molecule has 0 aliphatic carbocycles. The van der Waals surface area contributed by atoms with E-state index in [9.17, 15) is 9.18 Å². The molecule has 5 heteroatoms. The lowest BCUT2D eigenvalue weighted by molar-refractivity contribution is 0.0594. The van der Waals surface area contributed by atoms with Gasteiger partial charge in [-0.3, -0.25) is 0 Å². The van der Waals surface area contributed by atoms with Gasteiger partial charge in [0, 0.05) is 6.07 Å². The molecule has 0 fully saturated rings. The van der Waals surface area contributed by atoms with Crippen LogP contribution in [0.25, 0.3) is 0 Å². The van der Waals surface area contributed by atoms with Crippen LogP contribution in [0.15, 0.2) is 12.3 Å². The number of carbonyl (C=O) groups is 1. The fourth-order valence-corrected chi connectivity index (χ4v) is 0.913. The standard InChI is InChI=1S/C9H10FNO3/c1-3-14-8-4-6(9(12)13-2)7(10)5-11-8/h4-5H,3H2,1-2H3. The van der Waals surface area contributed by atoms with Crippen LogP contribution in [-0.4, -0.2) is 24.7 Å². The first-order valence-corrected chi connectivity index (χ1v) is 4.05. The monoisotopic (exact) mass is 199 g/mol. The molecule has 1 rings (SSSR count). The number of ether oxygens (including phenoxy) is 2. The molecule has 0 saturated heterocycles. The van der Waals surface area contributed by atoms with Crippen LogP contribution in [0.3, 0.4) is 0 Å². The SMILES string of the molecule is CCOc1cc(C(=O)OC)c(F)cn1. The molecule has 1 aromatic rings. The van der Waals surface area contributed by atoms with Crippen LogP contribution in [0, 0.1) is 5.82 Å². The second kappa shape index (κ2) is 4.55. The molecule has 0 radical (unpaired) electrons. The highest BCUT2D eigenvalue weighted by atomic mass is 19.1. The minimum atomic E-state index is -0.745. The number of pyridine rings is 1. The molecule has 0 aliphatic rings. The number of halogens is 1. The molecule has 1 heterocycles. The molecule has 14 heavy (non-hydrogen) atoms. The van der Waals surface area contributed by atoms with Gasteiger partial charge in [-0.1, -0.05) is 0 Å². The fraction of sp³-hybridized carbons (Fsp3) is 0.333. The van der Waals surface area contributed by atoms with Crippen molar-refractivity contribution in [2.75, 3.05) is 13.7 Å². The fourth-order valence-electron chi connectivity index (χ4n) is 0.913. The highest BCUT2D eigenvalue weighted by molar-refractivity contribution is 5.89. The van der Waals surface area contributed by atoms with Crippen molar-refractivity contribution in [2.24, 2.45) is 0 Å². The molecule has 0 saturated carbocycles. The van der Waals surface area contributed by atoms with Crippen LogP contribution in [0.4, 0.5) is 4.39 Å². The molecule has 0 bridgehead atoms. The molecular weight excluding hydrogens is 189 g/mol. The molecule has 4 nitrogen and oxygen atoms in total. The van der Waals surface area contributed by atoms with Gasteiger partial charge in [-0.25, -0.2) is 14.2 Å². The third-order valence-corrected chi connectivity index (χ3v) is 1.53. The third-order valence-electron chi connectivity index (χ3n) is 1.53. The molecule has 0 amide bonds. The summed E-state index contributed by atoms with van der Waals surface area (Å²) in [6.45, 7) is 2.17. The van der Waals surface area contributed by atoms with E-state index in [1.54, 1.807) is 6.92 Å². The zero-order chi connectivity index (χ0) is 10.6. The second-order valence-electron chi connectivity index (χ2n) is 2.43. The minimum Gasteiger partial charge on any atom is -0.478 e. The summed E-state index contributed by atoms with van der Waals surface area (Å²) in [5.41, 5.74) is -0.175. The van der Waals surface area contributed by atoms with E-state index >= 15 is 0 Å². The van der Waals surface area contributed by atoms with Gasteiger partial charge in [0.05, 0.1) is 19.9 Å². The lowest BCUT2D eigenvalue weighted by Gasteiger charge is -2.04. The molecule has 0 aliphatic heterocycles. The molecule has 1 aromatic heterocycles. The molecular formula is C9H10FNO3. The Morgan fingerprint density at radius 2 is 2.36 bits per heavy atom. The van der Waals surface area contributed by atoms with E-state index in [1.807, 2.05) is 0 Å². The number of nitrogens with zero attached hydrogens (tertiary/aromatic N) is 1. The maximum absolute atomic E-state index is 13.0. The number of rotatable bonds is 3. The van der Waals surface area contributed by atoms with Crippen LogP contribution < -0.4 is 4.74 Å². The number of esters is 1. The summed E-state index contributed by atoms with van der Waals surface area (Å²) in [6.07, 6.45) is 0.928. The topological polar surface area (TPSA) is 48.4 Å². The number of hydrogen-bond acceptors (Lipinski definition) is 4. The van der Waals surface area contributed by atoms with E-state index in [2.05, 4.69) is 9.72 Å². The Balaban J connectivity index is 3.01. The second-order valence-corrected chi connectivity index (χ2v) is 2.43. The maximum Gasteiger partial charge on any atom is 0.341 e. The van der Waals surface area contributed by atoms with Crippen molar-refractivity contribution < 1.29 is 18.7 Å². The summed E-state index contributed by atoms with van der Waals surface area (Å²) < 4.78 is 22.4. The van der Waals surface area contributed by atoms with Crippen molar-refractivity contribution in [1.29, 1.82) is 0 Å². The van der Waals surface area contributed by atoms with Gasteiger partial charge in [0.1, 0.15) is 5.56 Å². The zero-order valence-electron chi connectivity index (χ0n) is 7.91. The van der Waals surface area contributed by atoms with Crippen LogP contribution in [0.2, 0.25) is 0 Å². The van der Waals surface area contributed by atoms with E-state index in [-0.39, 0.29) is 11.4 Å². The van der Waals surface area contributed by atoms with E-state index in [0.29, 0.717) is 6.61 Å². The van der Waals surface area contributed by atoms with Crippen LogP contribution in [0.5, 0.6) is 5.88 Å². The quantitative estimate of drug-likeness (QED) is 0.690. The summed E-state index contributed by atoms with van der Waals surface area (Å²) >= 11 is 0. The normalized spacial score (nSPS) is 9.64. The van der Waals surface area contributed by atoms with Gasteiger partial charge in [0.2, 0.25) is 5.88 Å². The van der Waals surface area contributed by atoms with Crippen molar-refractivity contribution in [2.45, 2.75) is 6.92 Å². The van der Waals surface area contributed by atoms with Gasteiger partial charge in [0.25, 0.3) is 0 Å². The van der Waals surface area contributed by atoms with E-state index < -0.39 is 11.8 Å². The Bertz CT molecular complexity index is 341. The molecule has 0 atom stereocenters. The average molecular weight is 199 g/mol. The summed E-state index contributed by atoms with van der Waals surface area (Å²) in [5.74, 6) is -1.26. The Morgan fingerprint density at radius 1 is 1.64 bits per heavy atom. The van der Waals surface area contributed by atoms with Crippen molar-refractivity contribution in [3.63, 3.8) is 0 Å². The zero-order valence-corrected chi connectivity index (χ0v) is 7.91. The number of methoxy groups -OCH3 is 1. The van der Waals surface area contributed by atoms with Crippen LogP contribution in [-0.2, 0) is 4.74 Å². The first kappa shape index (κ1) is 10.4. The molecule has 0 unspecified atom stereocenters. The summed E-state index contributed by atoms with van der Waals surface area (Å²) in [6, 6.07) is 1.21. The molecule has 0 spiro atoms. The van der Waals surface area contributed by atoms with E-state index in [4.69, 9.17) is 4.74 Å². The predicted octanol–water partition coefficient (Wildman–Crippen LogP) is 1.41. The third kappa shape index (κ3) is 2.18. The van der Waals surface area contributed by atoms with Crippen molar-refractivity contribution in [3.05, 3.63) is 23.6 Å².